The van der Waals surface area contributed by atoms with Crippen molar-refractivity contribution in [3.8, 4) is 5.69 Å². The molecule has 2 N–H and O–H groups in total. The Balaban J connectivity index is 1.59. The first-order valence-corrected chi connectivity index (χ1v) is 7.92. The molecule has 5 nitrogen and oxygen atoms in total. The average molecular weight is 298 g/mol. The van der Waals surface area contributed by atoms with Crippen molar-refractivity contribution in [2.75, 3.05) is 18.4 Å². The maximum absolute atomic E-state index is 12.2. The Hall–Kier alpha value is -2.14. The number of rotatable bonds is 5. The quantitative estimate of drug-likeness (QED) is 0.892. The molecule has 1 saturated heterocycles. The van der Waals surface area contributed by atoms with Gasteiger partial charge in [0.15, 0.2) is 0 Å². The molecule has 1 fully saturated rings. The molecule has 1 amide bonds. The van der Waals surface area contributed by atoms with Crippen molar-refractivity contribution >= 4 is 11.6 Å². The van der Waals surface area contributed by atoms with Crippen molar-refractivity contribution in [2.24, 2.45) is 5.92 Å². The molecule has 22 heavy (non-hydrogen) atoms. The normalized spacial score (nSPS) is 15.6. The van der Waals surface area contributed by atoms with Gasteiger partial charge in [0.1, 0.15) is 0 Å². The van der Waals surface area contributed by atoms with Gasteiger partial charge in [0, 0.05) is 18.8 Å². The summed E-state index contributed by atoms with van der Waals surface area (Å²) in [4.78, 5) is 12.2. The summed E-state index contributed by atoms with van der Waals surface area (Å²) in [6.45, 7) is 2.16. The SMILES string of the molecule is O=C(CCC1CCNCC1)Nc1ccccc1-n1cccn1. The topological polar surface area (TPSA) is 59.0 Å². The molecule has 1 aromatic carbocycles. The van der Waals surface area contributed by atoms with E-state index in [-0.39, 0.29) is 5.91 Å². The van der Waals surface area contributed by atoms with Gasteiger partial charge in [-0.25, -0.2) is 4.68 Å². The minimum Gasteiger partial charge on any atom is -0.324 e. The molecule has 0 radical (unpaired) electrons. The molecular formula is C17H22N4O. The van der Waals surface area contributed by atoms with Gasteiger partial charge in [-0.2, -0.15) is 5.10 Å². The van der Waals surface area contributed by atoms with Crippen LogP contribution in [0.2, 0.25) is 0 Å². The lowest BCUT2D eigenvalue weighted by molar-refractivity contribution is -0.116. The van der Waals surface area contributed by atoms with Gasteiger partial charge in [0.05, 0.1) is 11.4 Å². The van der Waals surface area contributed by atoms with Crippen LogP contribution in [0.1, 0.15) is 25.7 Å². The van der Waals surface area contributed by atoms with E-state index in [1.54, 1.807) is 10.9 Å². The smallest absolute Gasteiger partial charge is 0.224 e. The van der Waals surface area contributed by atoms with E-state index in [0.29, 0.717) is 12.3 Å². The first-order valence-electron chi connectivity index (χ1n) is 7.92. The minimum absolute atomic E-state index is 0.0816. The van der Waals surface area contributed by atoms with Crippen LogP contribution in [0.4, 0.5) is 5.69 Å². The molecular weight excluding hydrogens is 276 g/mol. The Kier molecular flexibility index (Phi) is 4.85. The van der Waals surface area contributed by atoms with Crippen LogP contribution in [-0.2, 0) is 4.79 Å². The van der Waals surface area contributed by atoms with E-state index < -0.39 is 0 Å². The summed E-state index contributed by atoms with van der Waals surface area (Å²) in [6, 6.07) is 9.61. The van der Waals surface area contributed by atoms with Gasteiger partial charge >= 0.3 is 0 Å². The first kappa shape index (κ1) is 14.8. The number of benzene rings is 1. The van der Waals surface area contributed by atoms with E-state index in [4.69, 9.17) is 0 Å². The zero-order valence-corrected chi connectivity index (χ0v) is 12.7. The van der Waals surface area contributed by atoms with Gasteiger partial charge in [-0.3, -0.25) is 4.79 Å². The lowest BCUT2D eigenvalue weighted by atomic mass is 9.93. The van der Waals surface area contributed by atoms with Gasteiger partial charge in [-0.1, -0.05) is 12.1 Å². The fourth-order valence-electron chi connectivity index (χ4n) is 2.91. The van der Waals surface area contributed by atoms with Crippen LogP contribution >= 0.6 is 0 Å². The maximum Gasteiger partial charge on any atom is 0.224 e. The highest BCUT2D eigenvalue weighted by Gasteiger charge is 2.15. The van der Waals surface area contributed by atoms with E-state index in [1.165, 1.54) is 12.8 Å². The third kappa shape index (κ3) is 3.74. The lowest BCUT2D eigenvalue weighted by Crippen LogP contribution is -2.28. The summed E-state index contributed by atoms with van der Waals surface area (Å²) in [6.07, 6.45) is 7.51. The Labute approximate surface area is 130 Å². The zero-order valence-electron chi connectivity index (χ0n) is 12.7. The summed E-state index contributed by atoms with van der Waals surface area (Å²) in [5.74, 6) is 0.756. The number of hydrogen-bond donors (Lipinski definition) is 2. The number of carbonyl (C=O) groups excluding carboxylic acids is 1. The van der Waals surface area contributed by atoms with Crippen LogP contribution in [0.25, 0.3) is 5.69 Å². The number of carbonyl (C=O) groups is 1. The van der Waals surface area contributed by atoms with Gasteiger partial charge in [-0.15, -0.1) is 0 Å². The predicted molar refractivity (Wildman–Crippen MR) is 87.0 cm³/mol. The average Bonchev–Trinajstić information content (AvgIpc) is 3.09. The number of amides is 1. The summed E-state index contributed by atoms with van der Waals surface area (Å²) in [5.41, 5.74) is 1.70. The molecule has 2 aromatic rings. The molecule has 1 aliphatic heterocycles. The second kappa shape index (κ2) is 7.22. The molecule has 0 aliphatic carbocycles. The van der Waals surface area contributed by atoms with Crippen molar-refractivity contribution in [3.63, 3.8) is 0 Å². The molecule has 116 valence electrons. The second-order valence-electron chi connectivity index (χ2n) is 5.75. The van der Waals surface area contributed by atoms with Gasteiger partial charge < -0.3 is 10.6 Å². The molecule has 3 rings (SSSR count). The highest BCUT2D eigenvalue weighted by atomic mass is 16.1. The first-order chi connectivity index (χ1) is 10.8. The van der Waals surface area contributed by atoms with Crippen molar-refractivity contribution in [3.05, 3.63) is 42.7 Å². The summed E-state index contributed by atoms with van der Waals surface area (Å²) in [5, 5.41) is 10.6. The summed E-state index contributed by atoms with van der Waals surface area (Å²) in [7, 11) is 0. The van der Waals surface area contributed by atoms with E-state index in [9.17, 15) is 4.79 Å². The van der Waals surface area contributed by atoms with Crippen molar-refractivity contribution in [1.82, 2.24) is 15.1 Å². The van der Waals surface area contributed by atoms with Crippen LogP contribution in [0.15, 0.2) is 42.7 Å². The molecule has 0 bridgehead atoms. The number of anilines is 1. The zero-order chi connectivity index (χ0) is 15.2. The molecule has 1 aliphatic rings. The van der Waals surface area contributed by atoms with E-state index in [0.717, 1.165) is 30.9 Å². The van der Waals surface area contributed by atoms with E-state index in [2.05, 4.69) is 15.7 Å². The van der Waals surface area contributed by atoms with Crippen LogP contribution in [-0.4, -0.2) is 28.8 Å². The van der Waals surface area contributed by atoms with Gasteiger partial charge in [0.2, 0.25) is 5.91 Å². The Bertz CT molecular complexity index is 603. The standard InChI is InChI=1S/C17H22N4O/c22-17(7-6-14-8-11-18-12-9-14)20-15-4-1-2-5-16(15)21-13-3-10-19-21/h1-5,10,13-14,18H,6-9,11-12H2,(H,20,22). The van der Waals surface area contributed by atoms with Crippen molar-refractivity contribution < 1.29 is 4.79 Å². The van der Waals surface area contributed by atoms with Crippen molar-refractivity contribution in [1.29, 1.82) is 0 Å². The van der Waals surface area contributed by atoms with Crippen LogP contribution in [0, 0.1) is 5.92 Å². The number of aromatic nitrogens is 2. The fraction of sp³-hybridized carbons (Fsp3) is 0.412. The lowest BCUT2D eigenvalue weighted by Gasteiger charge is -2.22. The third-order valence-electron chi connectivity index (χ3n) is 4.17. The number of nitrogens with one attached hydrogen (secondary N) is 2. The summed E-state index contributed by atoms with van der Waals surface area (Å²) >= 11 is 0. The number of hydrogen-bond acceptors (Lipinski definition) is 3. The highest BCUT2D eigenvalue weighted by Crippen LogP contribution is 2.21. The predicted octanol–water partition coefficient (Wildman–Crippen LogP) is 2.59. The Morgan fingerprint density at radius 3 is 2.86 bits per heavy atom. The highest BCUT2D eigenvalue weighted by molar-refractivity contribution is 5.92. The second-order valence-corrected chi connectivity index (χ2v) is 5.75. The monoisotopic (exact) mass is 298 g/mol. The van der Waals surface area contributed by atoms with Crippen LogP contribution in [0.3, 0.4) is 0 Å². The number of para-hydroxylation sites is 2. The van der Waals surface area contributed by atoms with Gasteiger partial charge in [-0.05, 0) is 56.5 Å². The molecule has 0 atom stereocenters. The van der Waals surface area contributed by atoms with Gasteiger partial charge in [0.25, 0.3) is 0 Å². The molecule has 0 spiro atoms. The van der Waals surface area contributed by atoms with Crippen molar-refractivity contribution in [2.45, 2.75) is 25.7 Å². The van der Waals surface area contributed by atoms with Crippen LogP contribution < -0.4 is 10.6 Å². The van der Waals surface area contributed by atoms with E-state index >= 15 is 0 Å². The molecule has 5 heteroatoms. The largest absolute Gasteiger partial charge is 0.324 e. The minimum atomic E-state index is 0.0816. The van der Waals surface area contributed by atoms with E-state index in [1.807, 2.05) is 36.5 Å². The maximum atomic E-state index is 12.2. The number of nitrogens with zero attached hydrogens (tertiary/aromatic N) is 2. The Morgan fingerprint density at radius 2 is 2.09 bits per heavy atom. The third-order valence-corrected chi connectivity index (χ3v) is 4.17. The molecule has 0 unspecified atom stereocenters. The summed E-state index contributed by atoms with van der Waals surface area (Å²) < 4.78 is 1.77. The molecule has 1 aromatic heterocycles. The number of piperidine rings is 1. The Morgan fingerprint density at radius 1 is 1.27 bits per heavy atom. The van der Waals surface area contributed by atoms with Crippen LogP contribution in [0.5, 0.6) is 0 Å². The molecule has 0 saturated carbocycles. The fourth-order valence-corrected chi connectivity index (χ4v) is 2.91. The molecule has 2 heterocycles.